The van der Waals surface area contributed by atoms with Gasteiger partial charge in [-0.3, -0.25) is 9.10 Å². The number of hydrogen-bond acceptors (Lipinski definition) is 6. The van der Waals surface area contributed by atoms with Crippen LogP contribution < -0.4 is 14.5 Å². The predicted molar refractivity (Wildman–Crippen MR) is 96.5 cm³/mol. The maximum atomic E-state index is 12.3. The van der Waals surface area contributed by atoms with Crippen molar-refractivity contribution in [1.82, 2.24) is 5.32 Å². The van der Waals surface area contributed by atoms with Gasteiger partial charge in [0.2, 0.25) is 15.9 Å². The number of amides is 1. The minimum atomic E-state index is -3.62. The van der Waals surface area contributed by atoms with E-state index >= 15 is 0 Å². The summed E-state index contributed by atoms with van der Waals surface area (Å²) in [5.74, 6) is -0.376. The summed E-state index contributed by atoms with van der Waals surface area (Å²) in [7, 11) is -2.09. The molecule has 0 spiro atoms. The molecule has 8 nitrogen and oxygen atoms in total. The Morgan fingerprint density at radius 3 is 2.64 bits per heavy atom. The summed E-state index contributed by atoms with van der Waals surface area (Å²) >= 11 is 0. The second kappa shape index (κ2) is 9.02. The molecule has 0 radical (unpaired) electrons. The van der Waals surface area contributed by atoms with E-state index in [1.807, 2.05) is 12.1 Å². The number of hydrogen-bond donors (Lipinski definition) is 1. The summed E-state index contributed by atoms with van der Waals surface area (Å²) < 4.78 is 36.0. The molecule has 0 aromatic heterocycles. The molecular formula is C16H25N3O5S. The molecule has 1 N–H and O–H groups in total. The average molecular weight is 371 g/mol. The molecule has 0 unspecified atom stereocenters. The number of carbonyl (C=O) groups is 1. The largest absolute Gasteiger partial charge is 0.383 e. The number of morpholine rings is 1. The molecule has 1 aromatic carbocycles. The Bertz CT molecular complexity index is 674. The number of benzene rings is 1. The quantitative estimate of drug-likeness (QED) is 0.650. The second-order valence-corrected chi connectivity index (χ2v) is 7.61. The maximum Gasteiger partial charge on any atom is 0.240 e. The normalized spacial score (nSPS) is 15.0. The fourth-order valence-corrected chi connectivity index (χ4v) is 3.47. The zero-order valence-corrected chi connectivity index (χ0v) is 15.4. The summed E-state index contributed by atoms with van der Waals surface area (Å²) in [4.78, 5) is 14.2. The van der Waals surface area contributed by atoms with Crippen molar-refractivity contribution in [1.29, 1.82) is 0 Å². The fraction of sp³-hybridized carbons (Fsp3) is 0.562. The van der Waals surface area contributed by atoms with Gasteiger partial charge in [-0.15, -0.1) is 0 Å². The van der Waals surface area contributed by atoms with Crippen LogP contribution in [0.5, 0.6) is 0 Å². The van der Waals surface area contributed by atoms with Gasteiger partial charge in [0.15, 0.2) is 0 Å². The monoisotopic (exact) mass is 371 g/mol. The molecule has 1 heterocycles. The van der Waals surface area contributed by atoms with Crippen molar-refractivity contribution in [2.45, 2.75) is 0 Å². The fourth-order valence-electron chi connectivity index (χ4n) is 2.61. The highest BCUT2D eigenvalue weighted by Gasteiger charge is 2.25. The van der Waals surface area contributed by atoms with E-state index in [1.165, 1.54) is 7.11 Å². The van der Waals surface area contributed by atoms with E-state index in [2.05, 4.69) is 10.2 Å². The molecule has 0 bridgehead atoms. The number of ether oxygens (including phenoxy) is 2. The average Bonchev–Trinajstić information content (AvgIpc) is 2.60. The van der Waals surface area contributed by atoms with Crippen LogP contribution in [0.3, 0.4) is 0 Å². The molecule has 1 aliphatic rings. The minimum Gasteiger partial charge on any atom is -0.383 e. The molecule has 0 saturated carbocycles. The molecule has 0 aliphatic carbocycles. The zero-order valence-electron chi connectivity index (χ0n) is 14.6. The number of nitrogens with zero attached hydrogens (tertiary/aromatic N) is 2. The first-order valence-corrected chi connectivity index (χ1v) is 9.93. The number of rotatable bonds is 8. The number of anilines is 2. The van der Waals surface area contributed by atoms with E-state index in [4.69, 9.17) is 9.47 Å². The smallest absolute Gasteiger partial charge is 0.240 e. The van der Waals surface area contributed by atoms with Crippen LogP contribution in [-0.4, -0.2) is 73.7 Å². The van der Waals surface area contributed by atoms with Gasteiger partial charge in [0, 0.05) is 26.7 Å². The zero-order chi connectivity index (χ0) is 18.3. The van der Waals surface area contributed by atoms with Gasteiger partial charge in [-0.2, -0.15) is 0 Å². The van der Waals surface area contributed by atoms with E-state index in [9.17, 15) is 13.2 Å². The second-order valence-electron chi connectivity index (χ2n) is 5.70. The summed E-state index contributed by atoms with van der Waals surface area (Å²) in [6.07, 6.45) is 1.10. The van der Waals surface area contributed by atoms with E-state index in [-0.39, 0.29) is 12.5 Å². The molecular weight excluding hydrogens is 346 g/mol. The van der Waals surface area contributed by atoms with Gasteiger partial charge in [0.1, 0.15) is 6.54 Å². The highest BCUT2D eigenvalue weighted by molar-refractivity contribution is 7.92. The van der Waals surface area contributed by atoms with Crippen molar-refractivity contribution in [3.8, 4) is 0 Å². The van der Waals surface area contributed by atoms with Gasteiger partial charge in [-0.25, -0.2) is 8.42 Å². The van der Waals surface area contributed by atoms with Crippen LogP contribution in [0.2, 0.25) is 0 Å². The molecule has 1 saturated heterocycles. The van der Waals surface area contributed by atoms with Gasteiger partial charge in [-0.05, 0) is 12.1 Å². The molecule has 1 aromatic rings. The molecule has 2 rings (SSSR count). The summed E-state index contributed by atoms with van der Waals surface area (Å²) in [5.41, 5.74) is 1.27. The standard InChI is InChI=1S/C16H25N3O5S/c1-23-10-7-17-16(20)13-19(25(2,21)22)15-6-4-3-5-14(15)18-8-11-24-12-9-18/h3-6H,7-13H2,1-2H3,(H,17,20). The maximum absolute atomic E-state index is 12.3. The van der Waals surface area contributed by atoms with E-state index in [0.29, 0.717) is 45.1 Å². The number of methoxy groups -OCH3 is 1. The summed E-state index contributed by atoms with van der Waals surface area (Å²) in [6, 6.07) is 7.20. The lowest BCUT2D eigenvalue weighted by Gasteiger charge is -2.33. The number of nitrogens with one attached hydrogen (secondary N) is 1. The molecule has 140 valence electrons. The Labute approximate surface area is 148 Å². The van der Waals surface area contributed by atoms with Crippen molar-refractivity contribution in [2.24, 2.45) is 0 Å². The molecule has 1 fully saturated rings. The Kier molecular flexibility index (Phi) is 7.03. The first-order valence-electron chi connectivity index (χ1n) is 8.08. The van der Waals surface area contributed by atoms with Crippen LogP contribution in [0.4, 0.5) is 11.4 Å². The van der Waals surface area contributed by atoms with Crippen molar-refractivity contribution in [3.63, 3.8) is 0 Å². The molecule has 25 heavy (non-hydrogen) atoms. The van der Waals surface area contributed by atoms with Crippen LogP contribution in [0.1, 0.15) is 0 Å². The molecule has 1 aliphatic heterocycles. The van der Waals surface area contributed by atoms with Crippen molar-refractivity contribution >= 4 is 27.3 Å². The van der Waals surface area contributed by atoms with Crippen molar-refractivity contribution in [3.05, 3.63) is 24.3 Å². The van der Waals surface area contributed by atoms with Gasteiger partial charge in [-0.1, -0.05) is 12.1 Å². The van der Waals surface area contributed by atoms with Crippen LogP contribution in [-0.2, 0) is 24.3 Å². The van der Waals surface area contributed by atoms with Crippen molar-refractivity contribution in [2.75, 3.05) is 68.6 Å². The van der Waals surface area contributed by atoms with Crippen LogP contribution in [0.15, 0.2) is 24.3 Å². The number of carbonyl (C=O) groups excluding carboxylic acids is 1. The van der Waals surface area contributed by atoms with Crippen LogP contribution in [0.25, 0.3) is 0 Å². The molecule has 9 heteroatoms. The molecule has 0 atom stereocenters. The van der Waals surface area contributed by atoms with Gasteiger partial charge >= 0.3 is 0 Å². The van der Waals surface area contributed by atoms with E-state index < -0.39 is 10.0 Å². The van der Waals surface area contributed by atoms with E-state index in [0.717, 1.165) is 16.2 Å². The Balaban J connectivity index is 2.25. The highest BCUT2D eigenvalue weighted by Crippen LogP contribution is 2.31. The minimum absolute atomic E-state index is 0.274. The summed E-state index contributed by atoms with van der Waals surface area (Å²) in [5, 5.41) is 2.65. The van der Waals surface area contributed by atoms with Gasteiger partial charge < -0.3 is 19.7 Å². The van der Waals surface area contributed by atoms with E-state index in [1.54, 1.807) is 12.1 Å². The third kappa shape index (κ3) is 5.58. The third-order valence-corrected chi connectivity index (χ3v) is 4.94. The predicted octanol–water partition coefficient (Wildman–Crippen LogP) is 0.0518. The first-order chi connectivity index (χ1) is 11.9. The lowest BCUT2D eigenvalue weighted by molar-refractivity contribution is -0.119. The summed E-state index contributed by atoms with van der Waals surface area (Å²) in [6.45, 7) is 2.95. The Morgan fingerprint density at radius 1 is 1.32 bits per heavy atom. The van der Waals surface area contributed by atoms with Crippen LogP contribution >= 0.6 is 0 Å². The lowest BCUT2D eigenvalue weighted by Crippen LogP contribution is -2.43. The van der Waals surface area contributed by atoms with Crippen LogP contribution in [0, 0.1) is 0 Å². The third-order valence-electron chi connectivity index (χ3n) is 3.82. The van der Waals surface area contributed by atoms with Gasteiger partial charge in [0.05, 0.1) is 37.5 Å². The topological polar surface area (TPSA) is 88.2 Å². The Hall–Kier alpha value is -1.84. The SMILES string of the molecule is COCCNC(=O)CN(c1ccccc1N1CCOCC1)S(C)(=O)=O. The number of para-hydroxylation sites is 2. The van der Waals surface area contributed by atoms with Gasteiger partial charge in [0.25, 0.3) is 0 Å². The Morgan fingerprint density at radius 2 is 2.00 bits per heavy atom. The molecule has 1 amide bonds. The lowest BCUT2D eigenvalue weighted by atomic mass is 10.2. The highest BCUT2D eigenvalue weighted by atomic mass is 32.2. The number of sulfonamides is 1. The van der Waals surface area contributed by atoms with Crippen molar-refractivity contribution < 1.29 is 22.7 Å². The first kappa shape index (κ1) is 19.5.